The second-order valence-electron chi connectivity index (χ2n) is 7.37. The number of nitrogens with zero attached hydrogens (tertiary/aromatic N) is 1. The fourth-order valence-corrected chi connectivity index (χ4v) is 3.79. The second-order valence-corrected chi connectivity index (χ2v) is 8.16. The largest absolute Gasteiger partial charge is 0.492 e. The zero-order valence-electron chi connectivity index (χ0n) is 16.5. The van der Waals surface area contributed by atoms with Crippen LogP contribution in [0.25, 0.3) is 0 Å². The summed E-state index contributed by atoms with van der Waals surface area (Å²) in [6.07, 6.45) is 2.59. The van der Waals surface area contributed by atoms with Crippen LogP contribution in [0.1, 0.15) is 31.2 Å². The van der Waals surface area contributed by atoms with E-state index in [0.29, 0.717) is 41.8 Å². The first kappa shape index (κ1) is 22.8. The summed E-state index contributed by atoms with van der Waals surface area (Å²) in [5.74, 6) is -1.15. The highest BCUT2D eigenvalue weighted by Crippen LogP contribution is 2.31. The van der Waals surface area contributed by atoms with Gasteiger partial charge < -0.3 is 10.1 Å². The second kappa shape index (κ2) is 10.9. The number of carbonyl (C=O) groups is 1. The Hall–Kier alpha value is -1.89. The van der Waals surface area contributed by atoms with Gasteiger partial charge in [-0.25, -0.2) is 8.78 Å². The number of benzene rings is 2. The molecule has 3 rings (SSSR count). The lowest BCUT2D eigenvalue weighted by Gasteiger charge is -2.32. The Balaban J connectivity index is 1.33. The summed E-state index contributed by atoms with van der Waals surface area (Å²) < 4.78 is 32.0. The molecule has 1 fully saturated rings. The van der Waals surface area contributed by atoms with Crippen molar-refractivity contribution in [3.8, 4) is 5.75 Å². The van der Waals surface area contributed by atoms with E-state index in [0.717, 1.165) is 37.6 Å². The number of hydrogen-bond acceptors (Lipinski definition) is 3. The number of carbonyl (C=O) groups excluding carboxylic acids is 1. The number of likely N-dealkylation sites (tertiary alicyclic amines) is 1. The van der Waals surface area contributed by atoms with Crippen molar-refractivity contribution in [1.82, 2.24) is 10.2 Å². The van der Waals surface area contributed by atoms with Crippen LogP contribution in [0.15, 0.2) is 36.4 Å². The van der Waals surface area contributed by atoms with Crippen LogP contribution in [0.5, 0.6) is 5.75 Å². The molecule has 0 spiro atoms. The summed E-state index contributed by atoms with van der Waals surface area (Å²) in [5, 5.41) is 3.87. The van der Waals surface area contributed by atoms with Crippen molar-refractivity contribution in [3.05, 3.63) is 63.6 Å². The SMILES string of the molecule is O=C(CCCOc1cccc(Cl)c1Cl)NC1CCN(Cc2ccc(F)c(F)c2)CC1. The smallest absolute Gasteiger partial charge is 0.220 e. The first-order valence-electron chi connectivity index (χ1n) is 9.95. The zero-order valence-corrected chi connectivity index (χ0v) is 18.0. The molecule has 0 atom stereocenters. The standard InChI is InChI=1S/C22H24Cl2F2N2O2/c23-17-3-1-4-20(22(17)24)30-12-2-5-21(29)27-16-8-10-28(11-9-16)14-15-6-7-18(25)19(26)13-15/h1,3-4,6-7,13,16H,2,5,8-12,14H2,(H,27,29). The van der Waals surface area contributed by atoms with E-state index in [1.807, 2.05) is 0 Å². The van der Waals surface area contributed by atoms with Crippen LogP contribution >= 0.6 is 23.2 Å². The van der Waals surface area contributed by atoms with Gasteiger partial charge in [-0.2, -0.15) is 0 Å². The summed E-state index contributed by atoms with van der Waals surface area (Å²) in [5.41, 5.74) is 0.746. The molecule has 162 valence electrons. The molecule has 0 aromatic heterocycles. The molecule has 0 radical (unpaired) electrons. The molecule has 2 aromatic rings. The highest BCUT2D eigenvalue weighted by atomic mass is 35.5. The maximum absolute atomic E-state index is 13.3. The fourth-order valence-electron chi connectivity index (χ4n) is 3.44. The topological polar surface area (TPSA) is 41.6 Å². The first-order chi connectivity index (χ1) is 14.4. The molecule has 1 saturated heterocycles. The highest BCUT2D eigenvalue weighted by Gasteiger charge is 2.21. The van der Waals surface area contributed by atoms with Crippen molar-refractivity contribution in [2.45, 2.75) is 38.3 Å². The minimum atomic E-state index is -0.832. The lowest BCUT2D eigenvalue weighted by atomic mass is 10.0. The number of ether oxygens (including phenoxy) is 1. The molecule has 0 bridgehead atoms. The van der Waals surface area contributed by atoms with Gasteiger partial charge in [0.15, 0.2) is 11.6 Å². The fraction of sp³-hybridized carbons (Fsp3) is 0.409. The molecule has 0 unspecified atom stereocenters. The van der Waals surface area contributed by atoms with Crippen LogP contribution in [0.4, 0.5) is 8.78 Å². The molecule has 30 heavy (non-hydrogen) atoms. The number of rotatable bonds is 8. The van der Waals surface area contributed by atoms with Crippen LogP contribution in [0, 0.1) is 11.6 Å². The van der Waals surface area contributed by atoms with E-state index < -0.39 is 11.6 Å². The third-order valence-electron chi connectivity index (χ3n) is 5.06. The molecule has 1 heterocycles. The summed E-state index contributed by atoms with van der Waals surface area (Å²) in [6, 6.07) is 9.31. The van der Waals surface area contributed by atoms with Crippen LogP contribution in [-0.4, -0.2) is 36.5 Å². The Kier molecular flexibility index (Phi) is 8.31. The Bertz CT molecular complexity index is 874. The molecular formula is C22H24Cl2F2N2O2. The summed E-state index contributed by atoms with van der Waals surface area (Å²) in [6.45, 7) is 2.53. The predicted molar refractivity (Wildman–Crippen MR) is 114 cm³/mol. The van der Waals surface area contributed by atoms with Gasteiger partial charge in [0, 0.05) is 32.1 Å². The van der Waals surface area contributed by atoms with Gasteiger partial charge in [0.2, 0.25) is 5.91 Å². The highest BCUT2D eigenvalue weighted by molar-refractivity contribution is 6.42. The molecule has 0 aliphatic carbocycles. The van der Waals surface area contributed by atoms with Crippen LogP contribution in [-0.2, 0) is 11.3 Å². The molecule has 8 heteroatoms. The zero-order chi connectivity index (χ0) is 21.5. The van der Waals surface area contributed by atoms with Crippen LogP contribution in [0.3, 0.4) is 0 Å². The van der Waals surface area contributed by atoms with Gasteiger partial charge in [0.1, 0.15) is 10.8 Å². The predicted octanol–water partition coefficient (Wildman–Crippen LogP) is 5.21. The monoisotopic (exact) mass is 456 g/mol. The van der Waals surface area contributed by atoms with E-state index in [-0.39, 0.29) is 11.9 Å². The molecular weight excluding hydrogens is 433 g/mol. The van der Waals surface area contributed by atoms with E-state index in [1.54, 1.807) is 24.3 Å². The Morgan fingerprint density at radius 3 is 2.63 bits per heavy atom. The average Bonchev–Trinajstić information content (AvgIpc) is 2.72. The summed E-state index contributed by atoms with van der Waals surface area (Å²) >= 11 is 12.0. The number of nitrogens with one attached hydrogen (secondary N) is 1. The minimum Gasteiger partial charge on any atom is -0.492 e. The lowest BCUT2D eigenvalue weighted by molar-refractivity contribution is -0.122. The summed E-state index contributed by atoms with van der Waals surface area (Å²) in [4.78, 5) is 14.4. The van der Waals surface area contributed by atoms with Gasteiger partial charge in [-0.15, -0.1) is 0 Å². The van der Waals surface area contributed by atoms with Crippen LogP contribution < -0.4 is 10.1 Å². The summed E-state index contributed by atoms with van der Waals surface area (Å²) in [7, 11) is 0. The number of piperidine rings is 1. The average molecular weight is 457 g/mol. The van der Waals surface area contributed by atoms with Crippen molar-refractivity contribution in [3.63, 3.8) is 0 Å². The van der Waals surface area contributed by atoms with Gasteiger partial charge >= 0.3 is 0 Å². The van der Waals surface area contributed by atoms with Crippen molar-refractivity contribution in [2.75, 3.05) is 19.7 Å². The third-order valence-corrected chi connectivity index (χ3v) is 5.87. The van der Waals surface area contributed by atoms with Gasteiger partial charge in [-0.05, 0) is 49.1 Å². The normalized spacial score (nSPS) is 15.2. The van der Waals surface area contributed by atoms with Crippen molar-refractivity contribution >= 4 is 29.1 Å². The van der Waals surface area contributed by atoms with Crippen molar-refractivity contribution < 1.29 is 18.3 Å². The lowest BCUT2D eigenvalue weighted by Crippen LogP contribution is -2.44. The Morgan fingerprint density at radius 1 is 1.13 bits per heavy atom. The van der Waals surface area contributed by atoms with E-state index in [2.05, 4.69) is 10.2 Å². The molecule has 1 aliphatic heterocycles. The minimum absolute atomic E-state index is 0.00477. The maximum Gasteiger partial charge on any atom is 0.220 e. The van der Waals surface area contributed by atoms with Gasteiger partial charge in [0.25, 0.3) is 0 Å². The van der Waals surface area contributed by atoms with Gasteiger partial charge in [-0.1, -0.05) is 35.3 Å². The number of hydrogen-bond donors (Lipinski definition) is 1. The quantitative estimate of drug-likeness (QED) is 0.554. The molecule has 0 saturated carbocycles. The molecule has 1 aliphatic rings. The van der Waals surface area contributed by atoms with Crippen LogP contribution in [0.2, 0.25) is 10.0 Å². The Labute approximate surface area is 185 Å². The molecule has 2 aromatic carbocycles. The van der Waals surface area contributed by atoms with E-state index in [1.165, 1.54) is 6.07 Å². The van der Waals surface area contributed by atoms with Crippen molar-refractivity contribution in [1.29, 1.82) is 0 Å². The molecule has 4 nitrogen and oxygen atoms in total. The maximum atomic E-state index is 13.3. The first-order valence-corrected chi connectivity index (χ1v) is 10.7. The van der Waals surface area contributed by atoms with E-state index in [9.17, 15) is 13.6 Å². The Morgan fingerprint density at radius 2 is 1.90 bits per heavy atom. The molecule has 1 amide bonds. The third kappa shape index (κ3) is 6.56. The van der Waals surface area contributed by atoms with Gasteiger partial charge in [-0.3, -0.25) is 9.69 Å². The van der Waals surface area contributed by atoms with Gasteiger partial charge in [0.05, 0.1) is 11.6 Å². The van der Waals surface area contributed by atoms with E-state index >= 15 is 0 Å². The number of amides is 1. The number of halogens is 4. The van der Waals surface area contributed by atoms with Crippen molar-refractivity contribution in [2.24, 2.45) is 0 Å². The molecule has 1 N–H and O–H groups in total. The van der Waals surface area contributed by atoms with E-state index in [4.69, 9.17) is 27.9 Å².